The van der Waals surface area contributed by atoms with Crippen LogP contribution in [0.2, 0.25) is 0 Å². The summed E-state index contributed by atoms with van der Waals surface area (Å²) in [7, 11) is 1.53. The van der Waals surface area contributed by atoms with Crippen molar-refractivity contribution in [3.8, 4) is 5.75 Å². The van der Waals surface area contributed by atoms with Crippen LogP contribution in [0.1, 0.15) is 5.56 Å². The number of halogens is 4. The summed E-state index contributed by atoms with van der Waals surface area (Å²) >= 11 is 6.46. The van der Waals surface area contributed by atoms with Crippen molar-refractivity contribution in [3.63, 3.8) is 0 Å². The maximum absolute atomic E-state index is 12.4. The molecule has 1 aromatic heterocycles. The monoisotopic (exact) mass is 437 g/mol. The van der Waals surface area contributed by atoms with Crippen LogP contribution in [0.25, 0.3) is 0 Å². The fraction of sp³-hybridized carbons (Fsp3) is 0.231. The number of alkyl halides is 2. The highest BCUT2D eigenvalue weighted by molar-refractivity contribution is 9.10. The number of aryl methyl sites for hydroxylation is 1. The molecule has 0 aliphatic rings. The third-order valence-electron chi connectivity index (χ3n) is 2.79. The maximum Gasteiger partial charge on any atom is 0.387 e. The number of hydrogen-bond donors (Lipinski definition) is 1. The van der Waals surface area contributed by atoms with Gasteiger partial charge >= 0.3 is 6.61 Å². The van der Waals surface area contributed by atoms with Crippen LogP contribution in [-0.2, 0) is 13.6 Å². The Morgan fingerprint density at radius 3 is 2.82 bits per heavy atom. The number of anilines is 1. The summed E-state index contributed by atoms with van der Waals surface area (Å²) < 4.78 is 31.5. The van der Waals surface area contributed by atoms with E-state index in [-0.39, 0.29) is 17.9 Å². The van der Waals surface area contributed by atoms with Crippen LogP contribution in [0.4, 0.5) is 14.5 Å². The molecule has 118 valence electrons. The van der Waals surface area contributed by atoms with E-state index in [4.69, 9.17) is 0 Å². The van der Waals surface area contributed by atoms with Gasteiger partial charge in [0, 0.05) is 23.6 Å². The third-order valence-corrected chi connectivity index (χ3v) is 4.05. The van der Waals surface area contributed by atoms with Crippen molar-refractivity contribution in [2.24, 2.45) is 7.05 Å². The van der Waals surface area contributed by atoms with Crippen LogP contribution < -0.4 is 15.6 Å². The van der Waals surface area contributed by atoms with E-state index in [9.17, 15) is 13.6 Å². The Balaban J connectivity index is 2.23. The molecule has 0 amide bonds. The second kappa shape index (κ2) is 7.19. The van der Waals surface area contributed by atoms with Crippen molar-refractivity contribution in [3.05, 3.63) is 49.3 Å². The standard InChI is InChI=1S/C13H11Br2F2N3O2/c1-20-12(21)11(15)9(6-19-20)18-5-7-4-8(14)2-3-10(7)22-13(16)17/h2-4,6,13,18H,5H2,1H3. The summed E-state index contributed by atoms with van der Waals surface area (Å²) in [5.41, 5.74) is 0.677. The van der Waals surface area contributed by atoms with Crippen molar-refractivity contribution in [1.29, 1.82) is 0 Å². The van der Waals surface area contributed by atoms with E-state index in [2.05, 4.69) is 47.0 Å². The minimum absolute atomic E-state index is 0.0682. The second-order valence-electron chi connectivity index (χ2n) is 4.29. The number of benzene rings is 1. The molecular formula is C13H11Br2F2N3O2. The molecule has 0 atom stereocenters. The van der Waals surface area contributed by atoms with Gasteiger partial charge in [-0.05, 0) is 34.1 Å². The van der Waals surface area contributed by atoms with E-state index in [0.717, 1.165) is 4.47 Å². The molecule has 0 spiro atoms. The molecule has 2 aromatic rings. The quantitative estimate of drug-likeness (QED) is 0.775. The lowest BCUT2D eigenvalue weighted by atomic mass is 10.2. The smallest absolute Gasteiger partial charge is 0.387 e. The summed E-state index contributed by atoms with van der Waals surface area (Å²) in [4.78, 5) is 11.7. The lowest BCUT2D eigenvalue weighted by Gasteiger charge is -2.13. The van der Waals surface area contributed by atoms with Crippen molar-refractivity contribution < 1.29 is 13.5 Å². The zero-order valence-electron chi connectivity index (χ0n) is 11.3. The van der Waals surface area contributed by atoms with Gasteiger partial charge in [-0.1, -0.05) is 15.9 Å². The van der Waals surface area contributed by atoms with Crippen LogP contribution in [0.15, 0.2) is 38.1 Å². The molecule has 0 saturated carbocycles. The van der Waals surface area contributed by atoms with Gasteiger partial charge in [0.2, 0.25) is 0 Å². The minimum Gasteiger partial charge on any atom is -0.434 e. The molecule has 5 nitrogen and oxygen atoms in total. The van der Waals surface area contributed by atoms with Crippen LogP contribution in [-0.4, -0.2) is 16.4 Å². The molecule has 0 aliphatic carbocycles. The summed E-state index contributed by atoms with van der Waals surface area (Å²) in [5, 5.41) is 6.86. The van der Waals surface area contributed by atoms with Crippen LogP contribution in [0.5, 0.6) is 5.75 Å². The summed E-state index contributed by atoms with van der Waals surface area (Å²) in [6, 6.07) is 4.72. The SMILES string of the molecule is Cn1ncc(NCc2cc(Br)ccc2OC(F)F)c(Br)c1=O. The number of nitrogens with one attached hydrogen (secondary N) is 1. The Morgan fingerprint density at radius 2 is 2.14 bits per heavy atom. The molecule has 1 aromatic carbocycles. The van der Waals surface area contributed by atoms with Crippen molar-refractivity contribution in [2.45, 2.75) is 13.2 Å². The van der Waals surface area contributed by atoms with Gasteiger partial charge < -0.3 is 10.1 Å². The predicted octanol–water partition coefficient (Wildman–Crippen LogP) is 3.52. The third kappa shape index (κ3) is 4.04. The summed E-state index contributed by atoms with van der Waals surface area (Å²) in [5.74, 6) is 0.0682. The van der Waals surface area contributed by atoms with E-state index in [1.807, 2.05) is 0 Å². The molecule has 2 rings (SSSR count). The molecule has 0 fully saturated rings. The first-order valence-corrected chi connectivity index (χ1v) is 7.66. The first kappa shape index (κ1) is 16.9. The van der Waals surface area contributed by atoms with E-state index >= 15 is 0 Å². The zero-order chi connectivity index (χ0) is 16.3. The molecule has 1 N–H and O–H groups in total. The molecule has 0 bridgehead atoms. The number of ether oxygens (including phenoxy) is 1. The van der Waals surface area contributed by atoms with E-state index in [1.54, 1.807) is 12.1 Å². The highest BCUT2D eigenvalue weighted by Gasteiger charge is 2.12. The van der Waals surface area contributed by atoms with Gasteiger partial charge in [-0.3, -0.25) is 4.79 Å². The number of rotatable bonds is 5. The van der Waals surface area contributed by atoms with Gasteiger partial charge in [0.05, 0.1) is 11.9 Å². The Morgan fingerprint density at radius 1 is 1.41 bits per heavy atom. The average Bonchev–Trinajstić information content (AvgIpc) is 2.46. The molecule has 9 heteroatoms. The maximum atomic E-state index is 12.4. The Labute approximate surface area is 141 Å². The topological polar surface area (TPSA) is 56.1 Å². The van der Waals surface area contributed by atoms with Gasteiger partial charge in [-0.25, -0.2) is 4.68 Å². The van der Waals surface area contributed by atoms with Gasteiger partial charge in [-0.2, -0.15) is 13.9 Å². The summed E-state index contributed by atoms with van der Waals surface area (Å²) in [6.45, 7) is -2.72. The molecule has 0 aliphatic heterocycles. The Bertz CT molecular complexity index is 738. The lowest BCUT2D eigenvalue weighted by molar-refractivity contribution is -0.0504. The molecule has 0 unspecified atom stereocenters. The van der Waals surface area contributed by atoms with Crippen molar-refractivity contribution >= 4 is 37.5 Å². The highest BCUT2D eigenvalue weighted by atomic mass is 79.9. The van der Waals surface area contributed by atoms with E-state index < -0.39 is 6.61 Å². The zero-order valence-corrected chi connectivity index (χ0v) is 14.5. The fourth-order valence-electron chi connectivity index (χ4n) is 1.72. The predicted molar refractivity (Wildman–Crippen MR) is 85.3 cm³/mol. The van der Waals surface area contributed by atoms with E-state index in [0.29, 0.717) is 15.7 Å². The van der Waals surface area contributed by atoms with Gasteiger partial charge in [0.1, 0.15) is 10.2 Å². The molecule has 0 radical (unpaired) electrons. The fourth-order valence-corrected chi connectivity index (χ4v) is 2.63. The molecule has 0 saturated heterocycles. The molecule has 22 heavy (non-hydrogen) atoms. The Hall–Kier alpha value is -1.48. The number of aromatic nitrogens is 2. The van der Waals surface area contributed by atoms with Crippen LogP contribution >= 0.6 is 31.9 Å². The first-order chi connectivity index (χ1) is 10.4. The number of nitrogens with zero attached hydrogens (tertiary/aromatic N) is 2. The largest absolute Gasteiger partial charge is 0.434 e. The highest BCUT2D eigenvalue weighted by Crippen LogP contribution is 2.26. The van der Waals surface area contributed by atoms with Gasteiger partial charge in [0.15, 0.2) is 0 Å². The molecular weight excluding hydrogens is 428 g/mol. The summed E-state index contributed by atoms with van der Waals surface area (Å²) in [6.07, 6.45) is 1.47. The van der Waals surface area contributed by atoms with Crippen molar-refractivity contribution in [1.82, 2.24) is 9.78 Å². The molecule has 1 heterocycles. The lowest BCUT2D eigenvalue weighted by Crippen LogP contribution is -2.21. The number of hydrogen-bond acceptors (Lipinski definition) is 4. The van der Waals surface area contributed by atoms with Gasteiger partial charge in [0.25, 0.3) is 5.56 Å². The van der Waals surface area contributed by atoms with Gasteiger partial charge in [-0.15, -0.1) is 0 Å². The van der Waals surface area contributed by atoms with Crippen LogP contribution in [0, 0.1) is 0 Å². The Kier molecular flexibility index (Phi) is 5.52. The van der Waals surface area contributed by atoms with E-state index in [1.165, 1.54) is 24.0 Å². The van der Waals surface area contributed by atoms with Crippen molar-refractivity contribution in [2.75, 3.05) is 5.32 Å². The second-order valence-corrected chi connectivity index (χ2v) is 5.99. The van der Waals surface area contributed by atoms with Crippen LogP contribution in [0.3, 0.4) is 0 Å². The minimum atomic E-state index is -2.91. The first-order valence-electron chi connectivity index (χ1n) is 6.07. The normalized spacial score (nSPS) is 10.8. The average molecular weight is 439 g/mol.